The molecule has 1 aromatic rings. The number of para-hydroxylation sites is 1. The molecule has 0 unspecified atom stereocenters. The maximum absolute atomic E-state index is 11.5. The molecule has 0 saturated heterocycles. The van der Waals surface area contributed by atoms with Crippen LogP contribution in [0.25, 0.3) is 0 Å². The molecule has 0 aromatic heterocycles. The van der Waals surface area contributed by atoms with Crippen LogP contribution in [0.4, 0.5) is 4.79 Å². The van der Waals surface area contributed by atoms with Gasteiger partial charge in [0.15, 0.2) is 0 Å². The molecule has 6 heteroatoms. The SMILES string of the molecule is CSCC[C@H](NC(=O)Oc1ccccc1)C(=O)O. The van der Waals surface area contributed by atoms with Crippen molar-refractivity contribution in [3.05, 3.63) is 30.3 Å². The van der Waals surface area contributed by atoms with Crippen LogP contribution in [0.1, 0.15) is 6.42 Å². The maximum Gasteiger partial charge on any atom is 0.413 e. The second kappa shape index (κ2) is 7.60. The quantitative estimate of drug-likeness (QED) is 0.826. The lowest BCUT2D eigenvalue weighted by molar-refractivity contribution is -0.139. The van der Waals surface area contributed by atoms with E-state index in [4.69, 9.17) is 9.84 Å². The second-order valence-corrected chi connectivity index (χ2v) is 4.50. The molecule has 1 aromatic carbocycles. The normalized spacial score (nSPS) is 11.6. The lowest BCUT2D eigenvalue weighted by Gasteiger charge is -2.13. The van der Waals surface area contributed by atoms with Crippen LogP contribution in [-0.2, 0) is 4.79 Å². The minimum absolute atomic E-state index is 0.361. The first-order valence-corrected chi connectivity index (χ1v) is 6.78. The first-order chi connectivity index (χ1) is 8.63. The predicted molar refractivity (Wildman–Crippen MR) is 70.0 cm³/mol. The summed E-state index contributed by atoms with van der Waals surface area (Å²) in [6.07, 6.45) is 1.48. The van der Waals surface area contributed by atoms with Crippen LogP contribution in [0.15, 0.2) is 30.3 Å². The molecule has 0 heterocycles. The molecule has 0 fully saturated rings. The Bertz CT molecular complexity index is 396. The van der Waals surface area contributed by atoms with Gasteiger partial charge in [-0.25, -0.2) is 9.59 Å². The van der Waals surface area contributed by atoms with Gasteiger partial charge in [0.05, 0.1) is 0 Å². The molecule has 0 spiro atoms. The van der Waals surface area contributed by atoms with E-state index < -0.39 is 18.1 Å². The van der Waals surface area contributed by atoms with E-state index in [2.05, 4.69) is 5.32 Å². The number of hydrogen-bond acceptors (Lipinski definition) is 4. The Hall–Kier alpha value is -1.69. The van der Waals surface area contributed by atoms with E-state index in [0.29, 0.717) is 17.9 Å². The van der Waals surface area contributed by atoms with Gasteiger partial charge in [0, 0.05) is 0 Å². The van der Waals surface area contributed by atoms with Crippen molar-refractivity contribution < 1.29 is 19.4 Å². The largest absolute Gasteiger partial charge is 0.480 e. The Morgan fingerprint density at radius 1 is 1.39 bits per heavy atom. The van der Waals surface area contributed by atoms with Gasteiger partial charge in [-0.05, 0) is 30.6 Å². The van der Waals surface area contributed by atoms with Crippen molar-refractivity contribution in [2.75, 3.05) is 12.0 Å². The van der Waals surface area contributed by atoms with Crippen molar-refractivity contribution in [1.82, 2.24) is 5.32 Å². The summed E-state index contributed by atoms with van der Waals surface area (Å²) in [6.45, 7) is 0. The molecule has 0 radical (unpaired) electrons. The van der Waals surface area contributed by atoms with E-state index in [1.807, 2.05) is 6.26 Å². The zero-order valence-corrected chi connectivity index (χ0v) is 10.8. The summed E-state index contributed by atoms with van der Waals surface area (Å²) in [4.78, 5) is 22.4. The third-order valence-electron chi connectivity index (χ3n) is 2.15. The van der Waals surface area contributed by atoms with Crippen LogP contribution in [0, 0.1) is 0 Å². The number of rotatable bonds is 6. The van der Waals surface area contributed by atoms with Gasteiger partial charge >= 0.3 is 12.1 Å². The highest BCUT2D eigenvalue weighted by Gasteiger charge is 2.20. The Morgan fingerprint density at radius 2 is 2.06 bits per heavy atom. The minimum atomic E-state index is -1.06. The second-order valence-electron chi connectivity index (χ2n) is 3.52. The molecular weight excluding hydrogens is 254 g/mol. The number of hydrogen-bond donors (Lipinski definition) is 2. The zero-order valence-electron chi connectivity index (χ0n) is 9.96. The van der Waals surface area contributed by atoms with E-state index >= 15 is 0 Å². The Balaban J connectivity index is 2.48. The van der Waals surface area contributed by atoms with Crippen LogP contribution in [0.5, 0.6) is 5.75 Å². The number of carbonyl (C=O) groups excluding carboxylic acids is 1. The first kappa shape index (κ1) is 14.4. The molecular formula is C12H15NO4S. The van der Waals surface area contributed by atoms with E-state index in [1.165, 1.54) is 11.8 Å². The Labute approximate surface area is 110 Å². The smallest absolute Gasteiger partial charge is 0.413 e. The standard InChI is InChI=1S/C12H15NO4S/c1-18-8-7-10(11(14)15)13-12(16)17-9-5-3-2-4-6-9/h2-6,10H,7-8H2,1H3,(H,13,16)(H,14,15)/t10-/m0/s1. The lowest BCUT2D eigenvalue weighted by Crippen LogP contribution is -2.42. The van der Waals surface area contributed by atoms with Gasteiger partial charge in [-0.15, -0.1) is 0 Å². The van der Waals surface area contributed by atoms with E-state index in [0.717, 1.165) is 0 Å². The molecule has 98 valence electrons. The summed E-state index contributed by atoms with van der Waals surface area (Å²) in [5.74, 6) is -0.0270. The van der Waals surface area contributed by atoms with E-state index in [9.17, 15) is 9.59 Å². The van der Waals surface area contributed by atoms with Gasteiger partial charge in [0.25, 0.3) is 0 Å². The van der Waals surface area contributed by atoms with Crippen molar-refractivity contribution in [3.63, 3.8) is 0 Å². The van der Waals surface area contributed by atoms with E-state index in [1.54, 1.807) is 30.3 Å². The number of thioether (sulfide) groups is 1. The third kappa shape index (κ3) is 5.09. The van der Waals surface area contributed by atoms with Crippen LogP contribution in [-0.4, -0.2) is 35.2 Å². The zero-order chi connectivity index (χ0) is 13.4. The average Bonchev–Trinajstić information content (AvgIpc) is 2.35. The molecule has 0 bridgehead atoms. The number of benzene rings is 1. The molecule has 1 atom stereocenters. The summed E-state index contributed by atoms with van der Waals surface area (Å²) in [5, 5.41) is 11.3. The number of nitrogens with one attached hydrogen (secondary N) is 1. The summed E-state index contributed by atoms with van der Waals surface area (Å²) in [6, 6.07) is 7.57. The van der Waals surface area contributed by atoms with Gasteiger partial charge in [0.2, 0.25) is 0 Å². The summed E-state index contributed by atoms with van der Waals surface area (Å²) in [7, 11) is 0. The molecule has 5 nitrogen and oxygen atoms in total. The van der Waals surface area contributed by atoms with Crippen molar-refractivity contribution >= 4 is 23.8 Å². The Kier molecular flexibility index (Phi) is 6.07. The van der Waals surface area contributed by atoms with Crippen molar-refractivity contribution in [2.24, 2.45) is 0 Å². The average molecular weight is 269 g/mol. The monoisotopic (exact) mass is 269 g/mol. The number of carboxylic acid groups (broad SMARTS) is 1. The maximum atomic E-state index is 11.5. The van der Waals surface area contributed by atoms with Gasteiger partial charge < -0.3 is 15.2 Å². The highest BCUT2D eigenvalue weighted by atomic mass is 32.2. The molecule has 18 heavy (non-hydrogen) atoms. The fourth-order valence-corrected chi connectivity index (χ4v) is 1.73. The number of amides is 1. The topological polar surface area (TPSA) is 75.6 Å². The van der Waals surface area contributed by atoms with Crippen molar-refractivity contribution in [2.45, 2.75) is 12.5 Å². The highest BCUT2D eigenvalue weighted by molar-refractivity contribution is 7.98. The summed E-state index contributed by atoms with van der Waals surface area (Å²) >= 11 is 1.52. The van der Waals surface area contributed by atoms with Gasteiger partial charge in [0.1, 0.15) is 11.8 Å². The molecule has 1 amide bonds. The summed E-state index contributed by atoms with van der Waals surface area (Å²) < 4.78 is 4.95. The van der Waals surface area contributed by atoms with Gasteiger partial charge in [-0.1, -0.05) is 18.2 Å². The van der Waals surface area contributed by atoms with Crippen molar-refractivity contribution in [3.8, 4) is 5.75 Å². The van der Waals surface area contributed by atoms with Crippen LogP contribution >= 0.6 is 11.8 Å². The third-order valence-corrected chi connectivity index (χ3v) is 2.80. The molecule has 0 aliphatic heterocycles. The molecule has 0 aliphatic carbocycles. The fraction of sp³-hybridized carbons (Fsp3) is 0.333. The van der Waals surface area contributed by atoms with E-state index in [-0.39, 0.29) is 0 Å². The molecule has 1 rings (SSSR count). The molecule has 0 aliphatic rings. The number of carboxylic acids is 1. The number of carbonyl (C=O) groups is 2. The lowest BCUT2D eigenvalue weighted by atomic mass is 10.2. The van der Waals surface area contributed by atoms with Crippen LogP contribution in [0.3, 0.4) is 0 Å². The molecule has 2 N–H and O–H groups in total. The van der Waals surface area contributed by atoms with Gasteiger partial charge in [-0.2, -0.15) is 11.8 Å². The van der Waals surface area contributed by atoms with Crippen LogP contribution < -0.4 is 10.1 Å². The molecule has 0 saturated carbocycles. The minimum Gasteiger partial charge on any atom is -0.480 e. The van der Waals surface area contributed by atoms with Gasteiger partial charge in [-0.3, -0.25) is 0 Å². The predicted octanol–water partition coefficient (Wildman–Crippen LogP) is 1.98. The Morgan fingerprint density at radius 3 is 2.61 bits per heavy atom. The number of ether oxygens (including phenoxy) is 1. The highest BCUT2D eigenvalue weighted by Crippen LogP contribution is 2.09. The first-order valence-electron chi connectivity index (χ1n) is 5.38. The van der Waals surface area contributed by atoms with Crippen molar-refractivity contribution in [1.29, 1.82) is 0 Å². The van der Waals surface area contributed by atoms with Crippen LogP contribution in [0.2, 0.25) is 0 Å². The fourth-order valence-electron chi connectivity index (χ4n) is 1.26. The summed E-state index contributed by atoms with van der Waals surface area (Å²) in [5.41, 5.74) is 0. The number of aliphatic carboxylic acids is 1.